The smallest absolute Gasteiger partial charge is 0.220 e. The molecule has 0 aliphatic carbocycles. The van der Waals surface area contributed by atoms with Crippen molar-refractivity contribution in [3.63, 3.8) is 0 Å². The minimum Gasteiger partial charge on any atom is -0.490 e. The van der Waals surface area contributed by atoms with E-state index >= 15 is 0 Å². The SMILES string of the molecule is CC(=O)N(C)Cc1ccc(-c2cc(O[C@H](C)[C@H]3CNC(=O)C3)c3cccnc3c2)cc1. The fourth-order valence-corrected chi connectivity index (χ4v) is 3.86. The number of hydrogen-bond donors (Lipinski definition) is 1. The standard InChI is InChI=1S/C25H27N3O3/c1-16(21-13-25(30)27-14-21)31-24-12-20(11-23-22(24)5-4-10-26-23)19-8-6-18(7-9-19)15-28(3)17(2)29/h4-12,16,21H,13-15H2,1-3H3,(H,27,30)/t16-,21-/m1/s1. The summed E-state index contributed by atoms with van der Waals surface area (Å²) in [7, 11) is 1.80. The van der Waals surface area contributed by atoms with Gasteiger partial charge in [0, 0.05) is 51.0 Å². The molecule has 6 nitrogen and oxygen atoms in total. The summed E-state index contributed by atoms with van der Waals surface area (Å²) in [6.07, 6.45) is 2.18. The lowest BCUT2D eigenvalue weighted by molar-refractivity contribution is -0.128. The highest BCUT2D eigenvalue weighted by Gasteiger charge is 2.28. The molecule has 1 N–H and O–H groups in total. The average molecular weight is 418 g/mol. The highest BCUT2D eigenvalue weighted by atomic mass is 16.5. The first kappa shape index (κ1) is 20.8. The summed E-state index contributed by atoms with van der Waals surface area (Å²) in [6.45, 7) is 4.80. The summed E-state index contributed by atoms with van der Waals surface area (Å²) in [5.41, 5.74) is 4.00. The molecule has 31 heavy (non-hydrogen) atoms. The Morgan fingerprint density at radius 3 is 2.68 bits per heavy atom. The lowest BCUT2D eigenvalue weighted by Crippen LogP contribution is -2.25. The van der Waals surface area contributed by atoms with Crippen LogP contribution in [-0.2, 0) is 16.1 Å². The van der Waals surface area contributed by atoms with Crippen LogP contribution in [0.15, 0.2) is 54.7 Å². The number of ether oxygens (including phenoxy) is 1. The molecule has 160 valence electrons. The predicted molar refractivity (Wildman–Crippen MR) is 121 cm³/mol. The van der Waals surface area contributed by atoms with E-state index in [2.05, 4.69) is 28.5 Å². The van der Waals surface area contributed by atoms with Crippen LogP contribution in [0.5, 0.6) is 5.75 Å². The Labute approximate surface area is 182 Å². The zero-order chi connectivity index (χ0) is 22.0. The third-order valence-corrected chi connectivity index (χ3v) is 5.91. The highest BCUT2D eigenvalue weighted by Crippen LogP contribution is 2.33. The zero-order valence-corrected chi connectivity index (χ0v) is 18.1. The number of carbonyl (C=O) groups excluding carboxylic acids is 2. The molecule has 0 spiro atoms. The van der Waals surface area contributed by atoms with Gasteiger partial charge in [0.15, 0.2) is 0 Å². The van der Waals surface area contributed by atoms with E-state index in [0.717, 1.165) is 33.3 Å². The summed E-state index contributed by atoms with van der Waals surface area (Å²) in [4.78, 5) is 29.3. The second-order valence-corrected chi connectivity index (χ2v) is 8.21. The molecular weight excluding hydrogens is 390 g/mol. The van der Waals surface area contributed by atoms with Gasteiger partial charge in [-0.25, -0.2) is 0 Å². The molecule has 2 aromatic carbocycles. The van der Waals surface area contributed by atoms with Crippen molar-refractivity contribution in [1.29, 1.82) is 0 Å². The van der Waals surface area contributed by atoms with Crippen molar-refractivity contribution in [2.24, 2.45) is 5.92 Å². The van der Waals surface area contributed by atoms with Gasteiger partial charge < -0.3 is 15.0 Å². The molecule has 0 unspecified atom stereocenters. The molecule has 0 bridgehead atoms. The number of benzene rings is 2. The number of amides is 2. The Morgan fingerprint density at radius 1 is 1.23 bits per heavy atom. The van der Waals surface area contributed by atoms with Crippen LogP contribution in [0.1, 0.15) is 25.8 Å². The molecule has 6 heteroatoms. The van der Waals surface area contributed by atoms with Crippen molar-refractivity contribution < 1.29 is 14.3 Å². The number of rotatable bonds is 6. The van der Waals surface area contributed by atoms with E-state index in [4.69, 9.17) is 4.74 Å². The van der Waals surface area contributed by atoms with E-state index < -0.39 is 0 Å². The number of pyridine rings is 1. The first-order valence-electron chi connectivity index (χ1n) is 10.5. The van der Waals surface area contributed by atoms with E-state index in [1.54, 1.807) is 25.1 Å². The predicted octanol–water partition coefficient (Wildman–Crippen LogP) is 3.78. The van der Waals surface area contributed by atoms with Gasteiger partial charge in [-0.2, -0.15) is 0 Å². The number of fused-ring (bicyclic) bond motifs is 1. The monoisotopic (exact) mass is 417 g/mol. The van der Waals surface area contributed by atoms with Gasteiger partial charge in [-0.05, 0) is 47.9 Å². The molecule has 2 heterocycles. The summed E-state index contributed by atoms with van der Waals surface area (Å²) in [5.74, 6) is 1.05. The zero-order valence-electron chi connectivity index (χ0n) is 18.1. The Bertz CT molecular complexity index is 1110. The maximum absolute atomic E-state index is 11.6. The highest BCUT2D eigenvalue weighted by molar-refractivity contribution is 5.90. The first-order valence-corrected chi connectivity index (χ1v) is 10.5. The van der Waals surface area contributed by atoms with Crippen molar-refractivity contribution >= 4 is 22.7 Å². The van der Waals surface area contributed by atoms with Crippen LogP contribution in [0.3, 0.4) is 0 Å². The largest absolute Gasteiger partial charge is 0.490 e. The number of nitrogens with zero attached hydrogens (tertiary/aromatic N) is 2. The van der Waals surface area contributed by atoms with Crippen LogP contribution >= 0.6 is 0 Å². The van der Waals surface area contributed by atoms with Crippen molar-refractivity contribution in [2.45, 2.75) is 32.9 Å². The molecule has 0 radical (unpaired) electrons. The number of carbonyl (C=O) groups is 2. The number of hydrogen-bond acceptors (Lipinski definition) is 4. The molecule has 1 aliphatic rings. The minimum absolute atomic E-state index is 0.0414. The van der Waals surface area contributed by atoms with Gasteiger partial charge >= 0.3 is 0 Å². The Hall–Kier alpha value is -3.41. The topological polar surface area (TPSA) is 71.5 Å². The summed E-state index contributed by atoms with van der Waals surface area (Å²) >= 11 is 0. The van der Waals surface area contributed by atoms with Crippen LogP contribution in [0.4, 0.5) is 0 Å². The van der Waals surface area contributed by atoms with E-state index in [1.165, 1.54) is 0 Å². The van der Waals surface area contributed by atoms with Crippen LogP contribution in [0.25, 0.3) is 22.0 Å². The molecule has 4 rings (SSSR count). The van der Waals surface area contributed by atoms with Crippen LogP contribution < -0.4 is 10.1 Å². The summed E-state index contributed by atoms with van der Waals surface area (Å²) < 4.78 is 6.35. The lowest BCUT2D eigenvalue weighted by Gasteiger charge is -2.21. The second kappa shape index (κ2) is 8.76. The third kappa shape index (κ3) is 4.68. The molecule has 1 aromatic heterocycles. The Kier molecular flexibility index (Phi) is 5.89. The normalized spacial score (nSPS) is 16.7. The van der Waals surface area contributed by atoms with E-state index in [0.29, 0.717) is 19.5 Å². The lowest BCUT2D eigenvalue weighted by atomic mass is 10.0. The van der Waals surface area contributed by atoms with Crippen LogP contribution in [0.2, 0.25) is 0 Å². The summed E-state index contributed by atoms with van der Waals surface area (Å²) in [5, 5.41) is 3.83. The van der Waals surface area contributed by atoms with Gasteiger partial charge in [0.25, 0.3) is 0 Å². The van der Waals surface area contributed by atoms with E-state index in [1.807, 2.05) is 37.3 Å². The molecule has 2 amide bonds. The summed E-state index contributed by atoms with van der Waals surface area (Å²) in [6, 6.07) is 16.2. The molecule has 1 aliphatic heterocycles. The molecule has 0 saturated carbocycles. The fourth-order valence-electron chi connectivity index (χ4n) is 3.86. The van der Waals surface area contributed by atoms with Gasteiger partial charge in [-0.15, -0.1) is 0 Å². The van der Waals surface area contributed by atoms with Gasteiger partial charge in [-0.1, -0.05) is 24.3 Å². The van der Waals surface area contributed by atoms with Crippen molar-refractivity contribution in [3.05, 3.63) is 60.3 Å². The van der Waals surface area contributed by atoms with Gasteiger partial charge in [0.2, 0.25) is 11.8 Å². The maximum Gasteiger partial charge on any atom is 0.220 e. The van der Waals surface area contributed by atoms with Crippen molar-refractivity contribution in [2.75, 3.05) is 13.6 Å². The molecule has 2 atom stereocenters. The fraction of sp³-hybridized carbons (Fsp3) is 0.320. The molecule has 3 aromatic rings. The van der Waals surface area contributed by atoms with Gasteiger partial charge in [0.1, 0.15) is 11.9 Å². The third-order valence-electron chi connectivity index (χ3n) is 5.91. The van der Waals surface area contributed by atoms with Crippen molar-refractivity contribution in [1.82, 2.24) is 15.2 Å². The second-order valence-electron chi connectivity index (χ2n) is 8.21. The van der Waals surface area contributed by atoms with Crippen LogP contribution in [-0.4, -0.2) is 41.4 Å². The Balaban J connectivity index is 1.63. The van der Waals surface area contributed by atoms with Crippen LogP contribution in [0, 0.1) is 5.92 Å². The van der Waals surface area contributed by atoms with Gasteiger partial charge in [-0.3, -0.25) is 14.6 Å². The number of nitrogens with one attached hydrogen (secondary N) is 1. The Morgan fingerprint density at radius 2 is 2.00 bits per heavy atom. The molecule has 1 fully saturated rings. The van der Waals surface area contributed by atoms with E-state index in [-0.39, 0.29) is 23.8 Å². The van der Waals surface area contributed by atoms with Gasteiger partial charge in [0.05, 0.1) is 5.52 Å². The number of aromatic nitrogens is 1. The van der Waals surface area contributed by atoms with E-state index in [9.17, 15) is 9.59 Å². The van der Waals surface area contributed by atoms with Crippen molar-refractivity contribution in [3.8, 4) is 16.9 Å². The molecular formula is C25H27N3O3. The minimum atomic E-state index is -0.0953. The molecule has 1 saturated heterocycles. The first-order chi connectivity index (χ1) is 14.9. The maximum atomic E-state index is 11.6. The average Bonchev–Trinajstić information content (AvgIpc) is 3.20. The quantitative estimate of drug-likeness (QED) is 0.663.